The topological polar surface area (TPSA) is 80.5 Å². The molecule has 2 N–H and O–H groups in total. The molecule has 1 unspecified atom stereocenters. The number of amides is 1. The van der Waals surface area contributed by atoms with Gasteiger partial charge in [-0.3, -0.25) is 4.79 Å². The first-order valence-corrected chi connectivity index (χ1v) is 7.79. The Kier molecular flexibility index (Phi) is 3.68. The van der Waals surface area contributed by atoms with Crippen LogP contribution < -0.4 is 5.73 Å². The highest BCUT2D eigenvalue weighted by Crippen LogP contribution is 2.21. The molecule has 1 amide bonds. The summed E-state index contributed by atoms with van der Waals surface area (Å²) in [6, 6.07) is 1.18. The fourth-order valence-electron chi connectivity index (χ4n) is 2.17. The zero-order valence-electron chi connectivity index (χ0n) is 10.8. The lowest BCUT2D eigenvalue weighted by Gasteiger charge is -2.33. The zero-order valence-corrected chi connectivity index (χ0v) is 11.6. The van der Waals surface area contributed by atoms with Crippen molar-refractivity contribution in [3.8, 4) is 0 Å². The number of nitrogens with zero attached hydrogens (tertiary/aromatic N) is 1. The summed E-state index contributed by atoms with van der Waals surface area (Å²) < 4.78 is 49.6. The molecule has 0 aliphatic carbocycles. The van der Waals surface area contributed by atoms with E-state index in [2.05, 4.69) is 0 Å². The Morgan fingerprint density at radius 2 is 1.90 bits per heavy atom. The summed E-state index contributed by atoms with van der Waals surface area (Å²) in [4.78, 5) is 13.5. The van der Waals surface area contributed by atoms with Crippen LogP contribution in [-0.2, 0) is 9.84 Å². The minimum atomic E-state index is -3.17. The number of anilines is 1. The minimum Gasteiger partial charge on any atom is -0.394 e. The van der Waals surface area contributed by atoms with Crippen molar-refractivity contribution in [3.05, 3.63) is 29.3 Å². The number of carbonyl (C=O) groups excluding carboxylic acids is 1. The summed E-state index contributed by atoms with van der Waals surface area (Å²) in [5, 5.41) is 0. The molecule has 1 fully saturated rings. The van der Waals surface area contributed by atoms with Crippen molar-refractivity contribution in [2.75, 3.05) is 23.8 Å². The fourth-order valence-corrected chi connectivity index (χ4v) is 3.73. The Labute approximate surface area is 115 Å². The van der Waals surface area contributed by atoms with Gasteiger partial charge in [-0.15, -0.1) is 0 Å². The van der Waals surface area contributed by atoms with E-state index in [9.17, 15) is 22.0 Å². The van der Waals surface area contributed by atoms with E-state index in [4.69, 9.17) is 5.73 Å². The van der Waals surface area contributed by atoms with Gasteiger partial charge in [0.25, 0.3) is 5.91 Å². The summed E-state index contributed by atoms with van der Waals surface area (Å²) in [6.45, 7) is 1.59. The standard InChI is InChI=1S/C12H14F2N2O3S/c1-7-6-20(18,19)3-2-16(7)12(17)8-4-9(13)11(15)10(14)5-8/h4-5,7H,2-3,6,15H2,1H3. The van der Waals surface area contributed by atoms with Crippen molar-refractivity contribution in [1.29, 1.82) is 0 Å². The highest BCUT2D eigenvalue weighted by molar-refractivity contribution is 7.91. The predicted octanol–water partition coefficient (Wildman–Crippen LogP) is 0.806. The third-order valence-corrected chi connectivity index (χ3v) is 5.05. The number of halogens is 2. The molecule has 0 radical (unpaired) electrons. The van der Waals surface area contributed by atoms with Crippen LogP contribution in [0.25, 0.3) is 0 Å². The Morgan fingerprint density at radius 3 is 2.40 bits per heavy atom. The molecule has 5 nitrogen and oxygen atoms in total. The molecular weight excluding hydrogens is 290 g/mol. The summed E-state index contributed by atoms with van der Waals surface area (Å²) in [6.07, 6.45) is 0. The van der Waals surface area contributed by atoms with E-state index < -0.39 is 39.1 Å². The zero-order chi connectivity index (χ0) is 15.1. The number of rotatable bonds is 1. The van der Waals surface area contributed by atoms with E-state index >= 15 is 0 Å². The van der Waals surface area contributed by atoms with Crippen molar-refractivity contribution in [3.63, 3.8) is 0 Å². The van der Waals surface area contributed by atoms with Crippen LogP contribution in [0, 0.1) is 11.6 Å². The van der Waals surface area contributed by atoms with Crippen LogP contribution in [0.3, 0.4) is 0 Å². The van der Waals surface area contributed by atoms with Crippen LogP contribution in [0.2, 0.25) is 0 Å². The van der Waals surface area contributed by atoms with Crippen molar-refractivity contribution < 1.29 is 22.0 Å². The van der Waals surface area contributed by atoms with Gasteiger partial charge in [-0.25, -0.2) is 17.2 Å². The number of nitrogen functional groups attached to an aromatic ring is 1. The molecule has 8 heteroatoms. The van der Waals surface area contributed by atoms with Crippen LogP contribution >= 0.6 is 0 Å². The molecule has 1 atom stereocenters. The van der Waals surface area contributed by atoms with Crippen molar-refractivity contribution in [2.24, 2.45) is 0 Å². The molecule has 110 valence electrons. The van der Waals surface area contributed by atoms with Crippen molar-refractivity contribution >= 4 is 21.4 Å². The maximum Gasteiger partial charge on any atom is 0.254 e. The van der Waals surface area contributed by atoms with Gasteiger partial charge in [0, 0.05) is 18.2 Å². The molecule has 0 saturated carbocycles. The summed E-state index contributed by atoms with van der Waals surface area (Å²) in [5.74, 6) is -2.93. The highest BCUT2D eigenvalue weighted by atomic mass is 32.2. The normalized spacial score (nSPS) is 21.8. The maximum absolute atomic E-state index is 13.4. The Bertz CT molecular complexity index is 638. The molecule has 0 aromatic heterocycles. The second-order valence-corrected chi connectivity index (χ2v) is 7.04. The third kappa shape index (κ3) is 2.74. The first-order chi connectivity index (χ1) is 9.21. The van der Waals surface area contributed by atoms with Crippen molar-refractivity contribution in [2.45, 2.75) is 13.0 Å². The lowest BCUT2D eigenvalue weighted by Crippen LogP contribution is -2.49. The molecule has 2 rings (SSSR count). The van der Waals surface area contributed by atoms with Gasteiger partial charge in [0.2, 0.25) is 0 Å². The number of carbonyl (C=O) groups is 1. The van der Waals surface area contributed by atoms with Gasteiger partial charge in [0.15, 0.2) is 9.84 Å². The van der Waals surface area contributed by atoms with E-state index in [0.29, 0.717) is 0 Å². The molecule has 1 aliphatic heterocycles. The maximum atomic E-state index is 13.4. The lowest BCUT2D eigenvalue weighted by molar-refractivity contribution is 0.0711. The monoisotopic (exact) mass is 304 g/mol. The SMILES string of the molecule is CC1CS(=O)(=O)CCN1C(=O)c1cc(F)c(N)c(F)c1. The van der Waals surface area contributed by atoms with Crippen LogP contribution in [-0.4, -0.2) is 43.3 Å². The first-order valence-electron chi connectivity index (χ1n) is 5.97. The molecule has 1 aromatic rings. The third-order valence-electron chi connectivity index (χ3n) is 3.26. The molecule has 0 spiro atoms. The number of hydrogen-bond donors (Lipinski definition) is 1. The van der Waals surface area contributed by atoms with Crippen LogP contribution in [0.5, 0.6) is 0 Å². The summed E-state index contributed by atoms with van der Waals surface area (Å²) in [5.41, 5.74) is 4.31. The van der Waals surface area contributed by atoms with E-state index in [-0.39, 0.29) is 23.6 Å². The minimum absolute atomic E-state index is 0.00987. The van der Waals surface area contributed by atoms with Gasteiger partial charge in [-0.05, 0) is 19.1 Å². The number of hydrogen-bond acceptors (Lipinski definition) is 4. The van der Waals surface area contributed by atoms with E-state index in [0.717, 1.165) is 12.1 Å². The van der Waals surface area contributed by atoms with Gasteiger partial charge in [-0.1, -0.05) is 0 Å². The summed E-state index contributed by atoms with van der Waals surface area (Å²) >= 11 is 0. The van der Waals surface area contributed by atoms with Gasteiger partial charge in [0.1, 0.15) is 17.3 Å². The quantitative estimate of drug-likeness (QED) is 0.778. The van der Waals surface area contributed by atoms with Gasteiger partial charge in [0.05, 0.1) is 11.5 Å². The van der Waals surface area contributed by atoms with Crippen molar-refractivity contribution in [1.82, 2.24) is 4.90 Å². The van der Waals surface area contributed by atoms with Crippen LogP contribution in [0.4, 0.5) is 14.5 Å². The predicted molar refractivity (Wildman–Crippen MR) is 69.9 cm³/mol. The molecule has 1 aromatic carbocycles. The van der Waals surface area contributed by atoms with Gasteiger partial charge >= 0.3 is 0 Å². The lowest BCUT2D eigenvalue weighted by atomic mass is 10.1. The Hall–Kier alpha value is -1.70. The molecule has 0 bridgehead atoms. The van der Waals surface area contributed by atoms with E-state index in [1.54, 1.807) is 6.92 Å². The highest BCUT2D eigenvalue weighted by Gasteiger charge is 2.32. The molecule has 1 heterocycles. The second-order valence-electron chi connectivity index (χ2n) is 4.82. The molecule has 1 saturated heterocycles. The van der Waals surface area contributed by atoms with Gasteiger partial charge < -0.3 is 10.6 Å². The largest absolute Gasteiger partial charge is 0.394 e. The average molecular weight is 304 g/mol. The first kappa shape index (κ1) is 14.7. The average Bonchev–Trinajstić information content (AvgIpc) is 2.33. The fraction of sp³-hybridized carbons (Fsp3) is 0.417. The summed E-state index contributed by atoms with van der Waals surface area (Å²) in [7, 11) is -3.17. The van der Waals surface area contributed by atoms with E-state index in [1.807, 2.05) is 0 Å². The molecule has 1 aliphatic rings. The second kappa shape index (κ2) is 5.01. The Balaban J connectivity index is 2.28. The smallest absolute Gasteiger partial charge is 0.254 e. The number of nitrogens with two attached hydrogens (primary N) is 1. The Morgan fingerprint density at radius 1 is 1.35 bits per heavy atom. The molecular formula is C12H14F2N2O3S. The van der Waals surface area contributed by atoms with Crippen LogP contribution in [0.1, 0.15) is 17.3 Å². The van der Waals surface area contributed by atoms with Gasteiger partial charge in [-0.2, -0.15) is 0 Å². The number of benzene rings is 1. The van der Waals surface area contributed by atoms with Crippen LogP contribution in [0.15, 0.2) is 12.1 Å². The molecule has 20 heavy (non-hydrogen) atoms. The van der Waals surface area contributed by atoms with E-state index in [1.165, 1.54) is 4.90 Å². The number of sulfone groups is 1.